The zero-order chi connectivity index (χ0) is 20.3. The van der Waals surface area contributed by atoms with Gasteiger partial charge in [0.05, 0.1) is 18.1 Å². The lowest BCUT2D eigenvalue weighted by molar-refractivity contribution is -0.136. The number of rotatable bonds is 6. The molecule has 1 aromatic rings. The first-order valence-electron chi connectivity index (χ1n) is 10.3. The molecule has 0 aliphatic carbocycles. The van der Waals surface area contributed by atoms with Crippen molar-refractivity contribution in [2.45, 2.75) is 45.7 Å². The maximum absolute atomic E-state index is 13.1. The summed E-state index contributed by atoms with van der Waals surface area (Å²) in [6, 6.07) is 8.43. The first-order chi connectivity index (χ1) is 13.3. The second-order valence-corrected chi connectivity index (χ2v) is 10.4. The lowest BCUT2D eigenvalue weighted by atomic mass is 10.1. The maximum atomic E-state index is 13.1. The fourth-order valence-electron chi connectivity index (χ4n) is 4.26. The Labute approximate surface area is 169 Å². The Bertz CT molecular complexity index is 788. The van der Waals surface area contributed by atoms with Gasteiger partial charge in [0.1, 0.15) is 0 Å². The SMILES string of the molecule is CC[C@H](C)N(C(=O)CN1CCN(c2cccc(C)c2)CC1)[C@@H]1CCS(=O)(=O)C1. The normalized spacial score (nSPS) is 23.5. The molecule has 0 bridgehead atoms. The number of hydrogen-bond donors (Lipinski definition) is 0. The Morgan fingerprint density at radius 1 is 1.25 bits per heavy atom. The Balaban J connectivity index is 1.58. The summed E-state index contributed by atoms with van der Waals surface area (Å²) in [5, 5.41) is 0. The van der Waals surface area contributed by atoms with Crippen LogP contribution in [-0.4, -0.2) is 80.4 Å². The molecule has 0 radical (unpaired) electrons. The van der Waals surface area contributed by atoms with Crippen LogP contribution in [0.5, 0.6) is 0 Å². The summed E-state index contributed by atoms with van der Waals surface area (Å²) in [5.74, 6) is 0.387. The van der Waals surface area contributed by atoms with Gasteiger partial charge in [-0.2, -0.15) is 0 Å². The Morgan fingerprint density at radius 2 is 1.96 bits per heavy atom. The summed E-state index contributed by atoms with van der Waals surface area (Å²) < 4.78 is 23.8. The van der Waals surface area contributed by atoms with Gasteiger partial charge in [-0.15, -0.1) is 0 Å². The summed E-state index contributed by atoms with van der Waals surface area (Å²) in [6.45, 7) is 10.0. The third kappa shape index (κ3) is 5.06. The second-order valence-electron chi connectivity index (χ2n) is 8.22. The largest absolute Gasteiger partial charge is 0.369 e. The number of carbonyl (C=O) groups excluding carboxylic acids is 1. The molecule has 0 aromatic heterocycles. The molecular formula is C21H33N3O3S. The summed E-state index contributed by atoms with van der Waals surface area (Å²) in [5.41, 5.74) is 2.49. The zero-order valence-corrected chi connectivity index (χ0v) is 18.1. The van der Waals surface area contributed by atoms with E-state index in [4.69, 9.17) is 0 Å². The highest BCUT2D eigenvalue weighted by molar-refractivity contribution is 7.91. The van der Waals surface area contributed by atoms with E-state index in [0.29, 0.717) is 13.0 Å². The van der Waals surface area contributed by atoms with Crippen LogP contribution in [-0.2, 0) is 14.6 Å². The van der Waals surface area contributed by atoms with Crippen LogP contribution in [0.1, 0.15) is 32.3 Å². The minimum Gasteiger partial charge on any atom is -0.369 e. The van der Waals surface area contributed by atoms with E-state index in [1.165, 1.54) is 11.3 Å². The molecule has 2 saturated heterocycles. The predicted octanol–water partition coefficient (Wildman–Crippen LogP) is 1.93. The van der Waals surface area contributed by atoms with Gasteiger partial charge >= 0.3 is 0 Å². The highest BCUT2D eigenvalue weighted by Gasteiger charge is 2.37. The van der Waals surface area contributed by atoms with Crippen LogP contribution in [0.15, 0.2) is 24.3 Å². The molecule has 7 heteroatoms. The minimum atomic E-state index is -3.00. The molecule has 1 amide bonds. The van der Waals surface area contributed by atoms with Crippen molar-refractivity contribution in [3.63, 3.8) is 0 Å². The molecule has 2 aliphatic heterocycles. The number of sulfone groups is 1. The molecule has 3 rings (SSSR count). The van der Waals surface area contributed by atoms with Crippen LogP contribution in [0.4, 0.5) is 5.69 Å². The van der Waals surface area contributed by atoms with Crippen LogP contribution >= 0.6 is 0 Å². The monoisotopic (exact) mass is 407 g/mol. The summed E-state index contributed by atoms with van der Waals surface area (Å²) >= 11 is 0. The third-order valence-electron chi connectivity index (χ3n) is 6.05. The fourth-order valence-corrected chi connectivity index (χ4v) is 5.97. The second kappa shape index (κ2) is 8.82. The van der Waals surface area contributed by atoms with Gasteiger partial charge in [-0.05, 0) is 44.4 Å². The van der Waals surface area contributed by atoms with Crippen molar-refractivity contribution in [3.05, 3.63) is 29.8 Å². The predicted molar refractivity (Wildman–Crippen MR) is 113 cm³/mol. The lowest BCUT2D eigenvalue weighted by Gasteiger charge is -2.39. The van der Waals surface area contributed by atoms with Crippen molar-refractivity contribution in [1.82, 2.24) is 9.80 Å². The first kappa shape index (κ1) is 21.1. The molecule has 2 heterocycles. The van der Waals surface area contributed by atoms with Gasteiger partial charge in [0.25, 0.3) is 0 Å². The van der Waals surface area contributed by atoms with Crippen molar-refractivity contribution in [2.75, 3.05) is 49.1 Å². The van der Waals surface area contributed by atoms with E-state index in [9.17, 15) is 13.2 Å². The molecule has 0 N–H and O–H groups in total. The van der Waals surface area contributed by atoms with E-state index in [2.05, 4.69) is 47.9 Å². The smallest absolute Gasteiger partial charge is 0.237 e. The van der Waals surface area contributed by atoms with Crippen molar-refractivity contribution in [3.8, 4) is 0 Å². The molecule has 2 fully saturated rings. The Morgan fingerprint density at radius 3 is 2.54 bits per heavy atom. The van der Waals surface area contributed by atoms with E-state index in [0.717, 1.165) is 32.6 Å². The number of nitrogens with zero attached hydrogens (tertiary/aromatic N) is 3. The topological polar surface area (TPSA) is 60.9 Å². The van der Waals surface area contributed by atoms with E-state index >= 15 is 0 Å². The number of piperazine rings is 1. The molecule has 0 unspecified atom stereocenters. The number of amides is 1. The van der Waals surface area contributed by atoms with Gasteiger partial charge in [0.15, 0.2) is 9.84 Å². The Kier molecular flexibility index (Phi) is 6.65. The maximum Gasteiger partial charge on any atom is 0.237 e. The van der Waals surface area contributed by atoms with E-state index in [1.807, 2.05) is 11.8 Å². The Hall–Kier alpha value is -1.60. The average molecular weight is 408 g/mol. The molecule has 156 valence electrons. The standard InChI is InChI=1S/C21H33N3O3S/c1-4-18(3)24(20-8-13-28(26,27)16-20)21(25)15-22-9-11-23(12-10-22)19-7-5-6-17(2)14-19/h5-7,14,18,20H,4,8-13,15-16H2,1-3H3/t18-,20+/m0/s1. The van der Waals surface area contributed by atoms with Gasteiger partial charge in [-0.25, -0.2) is 8.42 Å². The summed E-state index contributed by atoms with van der Waals surface area (Å²) in [7, 11) is -3.00. The number of aryl methyl sites for hydroxylation is 1. The molecule has 2 aliphatic rings. The summed E-state index contributed by atoms with van der Waals surface area (Å²) in [4.78, 5) is 19.5. The van der Waals surface area contributed by atoms with Gasteiger partial charge in [-0.3, -0.25) is 9.69 Å². The van der Waals surface area contributed by atoms with Gasteiger partial charge in [-0.1, -0.05) is 19.1 Å². The number of benzene rings is 1. The van der Waals surface area contributed by atoms with Crippen LogP contribution in [0, 0.1) is 6.92 Å². The number of anilines is 1. The van der Waals surface area contributed by atoms with E-state index < -0.39 is 9.84 Å². The highest BCUT2D eigenvalue weighted by atomic mass is 32.2. The minimum absolute atomic E-state index is 0.0689. The van der Waals surface area contributed by atoms with Crippen LogP contribution < -0.4 is 4.90 Å². The van der Waals surface area contributed by atoms with Crippen molar-refractivity contribution < 1.29 is 13.2 Å². The molecule has 2 atom stereocenters. The molecule has 6 nitrogen and oxygen atoms in total. The highest BCUT2D eigenvalue weighted by Crippen LogP contribution is 2.22. The van der Waals surface area contributed by atoms with Gasteiger partial charge in [0, 0.05) is 44.0 Å². The average Bonchev–Trinajstić information content (AvgIpc) is 3.01. The van der Waals surface area contributed by atoms with Gasteiger partial charge < -0.3 is 9.80 Å². The van der Waals surface area contributed by atoms with Crippen LogP contribution in [0.3, 0.4) is 0 Å². The van der Waals surface area contributed by atoms with Crippen molar-refractivity contribution >= 4 is 21.4 Å². The van der Waals surface area contributed by atoms with Crippen LogP contribution in [0.2, 0.25) is 0 Å². The quantitative estimate of drug-likeness (QED) is 0.721. The summed E-state index contributed by atoms with van der Waals surface area (Å²) in [6.07, 6.45) is 1.41. The molecule has 0 spiro atoms. The first-order valence-corrected chi connectivity index (χ1v) is 12.2. The molecule has 28 heavy (non-hydrogen) atoms. The third-order valence-corrected chi connectivity index (χ3v) is 7.80. The molecular weight excluding hydrogens is 374 g/mol. The number of carbonyl (C=O) groups is 1. The zero-order valence-electron chi connectivity index (χ0n) is 17.3. The van der Waals surface area contributed by atoms with E-state index in [-0.39, 0.29) is 29.5 Å². The lowest BCUT2D eigenvalue weighted by Crippen LogP contribution is -2.53. The van der Waals surface area contributed by atoms with Crippen molar-refractivity contribution in [1.29, 1.82) is 0 Å². The fraction of sp³-hybridized carbons (Fsp3) is 0.667. The number of hydrogen-bond acceptors (Lipinski definition) is 5. The van der Waals surface area contributed by atoms with Crippen LogP contribution in [0.25, 0.3) is 0 Å². The van der Waals surface area contributed by atoms with Crippen molar-refractivity contribution in [2.24, 2.45) is 0 Å². The van der Waals surface area contributed by atoms with Gasteiger partial charge in [0.2, 0.25) is 5.91 Å². The van der Waals surface area contributed by atoms with E-state index in [1.54, 1.807) is 0 Å². The molecule has 1 aromatic carbocycles. The molecule has 0 saturated carbocycles.